The molecular weight excluding hydrogens is 310 g/mol. The average molecular weight is 344 g/mol. The summed E-state index contributed by atoms with van der Waals surface area (Å²) in [4.78, 5) is 17.2. The Morgan fingerprint density at radius 3 is 2.64 bits per heavy atom. The first-order valence-electron chi connectivity index (χ1n) is 9.87. The van der Waals surface area contributed by atoms with E-state index in [0.717, 1.165) is 49.0 Å². The smallest absolute Gasteiger partial charge is 0.321 e. The van der Waals surface area contributed by atoms with E-state index in [9.17, 15) is 4.79 Å². The van der Waals surface area contributed by atoms with Gasteiger partial charge < -0.3 is 15.1 Å². The van der Waals surface area contributed by atoms with Crippen LogP contribution in [0.4, 0.5) is 10.5 Å². The third-order valence-corrected chi connectivity index (χ3v) is 6.01. The van der Waals surface area contributed by atoms with Crippen LogP contribution < -0.4 is 5.32 Å². The maximum absolute atomic E-state index is 12.6. The van der Waals surface area contributed by atoms with Crippen molar-refractivity contribution in [1.82, 2.24) is 9.80 Å². The van der Waals surface area contributed by atoms with E-state index < -0.39 is 0 Å². The highest BCUT2D eigenvalue weighted by atomic mass is 16.2. The van der Waals surface area contributed by atoms with Crippen LogP contribution in [0.5, 0.6) is 0 Å². The third kappa shape index (κ3) is 4.75. The second-order valence-corrected chi connectivity index (χ2v) is 8.12. The summed E-state index contributed by atoms with van der Waals surface area (Å²) in [6, 6.07) is 6.13. The van der Waals surface area contributed by atoms with Crippen molar-refractivity contribution in [1.29, 1.82) is 0 Å². The molecule has 2 heterocycles. The largest absolute Gasteiger partial charge is 0.325 e. The molecule has 0 saturated carbocycles. The standard InChI is InChI=1S/C21H33N3O/c1-16-6-5-11-23(14-16)15-19-9-12-24(13-10-19)21(25)22-20-8-4-7-17(2)18(20)3/h4,7-8,16,19H,5-6,9-15H2,1-3H3,(H,22,25). The maximum Gasteiger partial charge on any atom is 0.321 e. The normalized spacial score (nSPS) is 22.8. The summed E-state index contributed by atoms with van der Waals surface area (Å²) < 4.78 is 0. The van der Waals surface area contributed by atoms with Gasteiger partial charge in [-0.25, -0.2) is 4.79 Å². The van der Waals surface area contributed by atoms with Gasteiger partial charge in [0.05, 0.1) is 0 Å². The fraction of sp³-hybridized carbons (Fsp3) is 0.667. The molecule has 2 aliphatic heterocycles. The van der Waals surface area contributed by atoms with E-state index in [-0.39, 0.29) is 6.03 Å². The molecule has 0 radical (unpaired) electrons. The number of aryl methyl sites for hydroxylation is 1. The lowest BCUT2D eigenvalue weighted by Crippen LogP contribution is -2.44. The summed E-state index contributed by atoms with van der Waals surface area (Å²) in [5.74, 6) is 1.59. The molecule has 1 unspecified atom stereocenters. The van der Waals surface area contributed by atoms with Crippen molar-refractivity contribution in [3.8, 4) is 0 Å². The SMILES string of the molecule is Cc1cccc(NC(=O)N2CCC(CN3CCCC(C)C3)CC2)c1C. The molecule has 0 aliphatic carbocycles. The van der Waals surface area contributed by atoms with E-state index in [4.69, 9.17) is 0 Å². The zero-order valence-electron chi connectivity index (χ0n) is 16.1. The van der Waals surface area contributed by atoms with E-state index in [2.05, 4.69) is 37.1 Å². The number of nitrogens with one attached hydrogen (secondary N) is 1. The van der Waals surface area contributed by atoms with Crippen molar-refractivity contribution >= 4 is 11.7 Å². The number of rotatable bonds is 3. The van der Waals surface area contributed by atoms with E-state index in [1.807, 2.05) is 17.0 Å². The van der Waals surface area contributed by atoms with Crippen molar-refractivity contribution in [3.63, 3.8) is 0 Å². The van der Waals surface area contributed by atoms with Gasteiger partial charge in [-0.2, -0.15) is 0 Å². The van der Waals surface area contributed by atoms with Crippen LogP contribution in [0.3, 0.4) is 0 Å². The zero-order chi connectivity index (χ0) is 17.8. The Kier molecular flexibility index (Phi) is 6.00. The Balaban J connectivity index is 1.47. The van der Waals surface area contributed by atoms with Gasteiger partial charge in [0.15, 0.2) is 0 Å². The number of amides is 2. The number of hydrogen-bond acceptors (Lipinski definition) is 2. The topological polar surface area (TPSA) is 35.6 Å². The molecule has 4 nitrogen and oxygen atoms in total. The number of likely N-dealkylation sites (tertiary alicyclic amines) is 2. The van der Waals surface area contributed by atoms with Crippen molar-refractivity contribution < 1.29 is 4.79 Å². The minimum Gasteiger partial charge on any atom is -0.325 e. The molecule has 0 bridgehead atoms. The summed E-state index contributed by atoms with van der Waals surface area (Å²) >= 11 is 0. The van der Waals surface area contributed by atoms with Crippen LogP contribution in [0.15, 0.2) is 18.2 Å². The first-order valence-corrected chi connectivity index (χ1v) is 9.87. The number of benzene rings is 1. The maximum atomic E-state index is 12.6. The van der Waals surface area contributed by atoms with E-state index >= 15 is 0 Å². The summed E-state index contributed by atoms with van der Waals surface area (Å²) in [7, 11) is 0. The van der Waals surface area contributed by atoms with Gasteiger partial charge in [0.25, 0.3) is 0 Å². The van der Waals surface area contributed by atoms with Crippen molar-refractivity contribution in [2.24, 2.45) is 11.8 Å². The van der Waals surface area contributed by atoms with Crippen LogP contribution in [0.1, 0.15) is 43.7 Å². The van der Waals surface area contributed by atoms with Gasteiger partial charge in [-0.3, -0.25) is 0 Å². The van der Waals surface area contributed by atoms with E-state index in [0.29, 0.717) is 0 Å². The molecule has 0 aromatic heterocycles. The highest BCUT2D eigenvalue weighted by Gasteiger charge is 2.26. The predicted octanol–water partition coefficient (Wildman–Crippen LogP) is 4.28. The summed E-state index contributed by atoms with van der Waals surface area (Å²) in [6.07, 6.45) is 4.99. The Labute approximate surface area is 152 Å². The van der Waals surface area contributed by atoms with Gasteiger partial charge in [-0.15, -0.1) is 0 Å². The Bertz CT molecular complexity index is 593. The van der Waals surface area contributed by atoms with Gasteiger partial charge in [-0.1, -0.05) is 19.1 Å². The molecule has 2 aliphatic rings. The molecule has 3 rings (SSSR count). The molecule has 1 aromatic rings. The molecule has 2 amide bonds. The fourth-order valence-electron chi connectivity index (χ4n) is 4.22. The number of urea groups is 1. The number of hydrogen-bond donors (Lipinski definition) is 1. The minimum atomic E-state index is 0.0544. The highest BCUT2D eigenvalue weighted by molar-refractivity contribution is 5.90. The van der Waals surface area contributed by atoms with Gasteiger partial charge >= 0.3 is 6.03 Å². The van der Waals surface area contributed by atoms with E-state index in [1.165, 1.54) is 38.0 Å². The number of carbonyl (C=O) groups is 1. The van der Waals surface area contributed by atoms with Gasteiger partial charge in [0, 0.05) is 31.9 Å². The zero-order valence-corrected chi connectivity index (χ0v) is 16.1. The van der Waals surface area contributed by atoms with Crippen molar-refractivity contribution in [2.75, 3.05) is 38.0 Å². The van der Waals surface area contributed by atoms with Crippen molar-refractivity contribution in [2.45, 2.75) is 46.5 Å². The Morgan fingerprint density at radius 2 is 1.92 bits per heavy atom. The molecule has 2 saturated heterocycles. The highest BCUT2D eigenvalue weighted by Crippen LogP contribution is 2.24. The van der Waals surface area contributed by atoms with Crippen LogP contribution in [-0.4, -0.2) is 48.6 Å². The molecule has 0 spiro atoms. The van der Waals surface area contributed by atoms with Crippen LogP contribution in [0, 0.1) is 25.7 Å². The van der Waals surface area contributed by atoms with Crippen molar-refractivity contribution in [3.05, 3.63) is 29.3 Å². The molecule has 2 fully saturated rings. The number of carbonyl (C=O) groups excluding carboxylic acids is 1. The molecule has 1 aromatic carbocycles. The van der Waals surface area contributed by atoms with E-state index in [1.54, 1.807) is 0 Å². The predicted molar refractivity (Wildman–Crippen MR) is 104 cm³/mol. The number of anilines is 1. The molecule has 1 N–H and O–H groups in total. The number of nitrogens with zero attached hydrogens (tertiary/aromatic N) is 2. The number of piperidine rings is 2. The lowest BCUT2D eigenvalue weighted by molar-refractivity contribution is 0.125. The van der Waals surface area contributed by atoms with Crippen LogP contribution in [0.25, 0.3) is 0 Å². The first kappa shape index (κ1) is 18.2. The fourth-order valence-corrected chi connectivity index (χ4v) is 4.22. The molecule has 25 heavy (non-hydrogen) atoms. The third-order valence-electron chi connectivity index (χ3n) is 6.01. The lowest BCUT2D eigenvalue weighted by Gasteiger charge is -2.37. The second-order valence-electron chi connectivity index (χ2n) is 8.12. The molecule has 4 heteroatoms. The summed E-state index contributed by atoms with van der Waals surface area (Å²) in [5.41, 5.74) is 3.31. The molecule has 1 atom stereocenters. The quantitative estimate of drug-likeness (QED) is 0.889. The second kappa shape index (κ2) is 8.22. The summed E-state index contributed by atoms with van der Waals surface area (Å²) in [5, 5.41) is 3.10. The van der Waals surface area contributed by atoms with Crippen LogP contribution >= 0.6 is 0 Å². The van der Waals surface area contributed by atoms with Crippen LogP contribution in [-0.2, 0) is 0 Å². The monoisotopic (exact) mass is 343 g/mol. The molecule has 138 valence electrons. The average Bonchev–Trinajstić information content (AvgIpc) is 2.59. The van der Waals surface area contributed by atoms with Gasteiger partial charge in [0.1, 0.15) is 0 Å². The van der Waals surface area contributed by atoms with Gasteiger partial charge in [0.2, 0.25) is 0 Å². The summed E-state index contributed by atoms with van der Waals surface area (Å²) in [6.45, 7) is 12.0. The minimum absolute atomic E-state index is 0.0544. The Morgan fingerprint density at radius 1 is 1.16 bits per heavy atom. The van der Waals surface area contributed by atoms with Crippen LogP contribution in [0.2, 0.25) is 0 Å². The molecular formula is C21H33N3O. The Hall–Kier alpha value is -1.55. The first-order chi connectivity index (χ1) is 12.0. The lowest BCUT2D eigenvalue weighted by atomic mass is 9.94. The van der Waals surface area contributed by atoms with Gasteiger partial charge in [-0.05, 0) is 75.1 Å².